The van der Waals surface area contributed by atoms with Crippen molar-refractivity contribution in [1.82, 2.24) is 14.4 Å². The van der Waals surface area contributed by atoms with Crippen molar-refractivity contribution in [1.29, 1.82) is 0 Å². The van der Waals surface area contributed by atoms with Crippen LogP contribution in [0, 0.1) is 0 Å². The molecule has 0 atom stereocenters. The summed E-state index contributed by atoms with van der Waals surface area (Å²) in [4.78, 5) is 9.97. The van der Waals surface area contributed by atoms with E-state index in [1.807, 2.05) is 16.8 Å². The normalized spacial score (nSPS) is 11.2. The summed E-state index contributed by atoms with van der Waals surface area (Å²) in [6.07, 6.45) is 5.45. The first-order chi connectivity index (χ1) is 10.2. The summed E-state index contributed by atoms with van der Waals surface area (Å²) in [5.41, 5.74) is 4.74. The molecule has 6 heteroatoms. The quantitative estimate of drug-likeness (QED) is 0.571. The Kier molecular flexibility index (Phi) is 3.81. The summed E-state index contributed by atoms with van der Waals surface area (Å²) in [5, 5.41) is 0.827. The average Bonchev–Trinajstić information content (AvgIpc) is 2.96. The molecule has 2 heterocycles. The number of hydrazine groups is 1. The van der Waals surface area contributed by atoms with Crippen LogP contribution < -0.4 is 11.3 Å². The molecule has 0 unspecified atom stereocenters. The zero-order chi connectivity index (χ0) is 14.8. The highest BCUT2D eigenvalue weighted by Gasteiger charge is 2.09. The Balaban J connectivity index is 1.95. The number of nitrogen functional groups attached to an aromatic ring is 1. The number of nitrogens with zero attached hydrogens (tertiary/aromatic N) is 3. The standard InChI is InChI=1S/C15H17N5S/c1-10(2)11-3-5-12(6-4-11)21-15-14-17-7-8-20(14)9-13(18-15)19-16/h3-10,19H,16H2,1-2H3. The van der Waals surface area contributed by atoms with Crippen LogP contribution >= 0.6 is 11.8 Å². The highest BCUT2D eigenvalue weighted by Crippen LogP contribution is 2.30. The number of aromatic nitrogens is 3. The summed E-state index contributed by atoms with van der Waals surface area (Å²) in [5.74, 6) is 6.62. The number of anilines is 1. The lowest BCUT2D eigenvalue weighted by Gasteiger charge is -2.08. The number of hydrogen-bond donors (Lipinski definition) is 2. The molecule has 0 aliphatic carbocycles. The van der Waals surface area contributed by atoms with Crippen LogP contribution in [-0.4, -0.2) is 14.4 Å². The fourth-order valence-corrected chi connectivity index (χ4v) is 2.96. The van der Waals surface area contributed by atoms with Crippen LogP contribution in [0.2, 0.25) is 0 Å². The monoisotopic (exact) mass is 299 g/mol. The fourth-order valence-electron chi connectivity index (χ4n) is 2.07. The van der Waals surface area contributed by atoms with Gasteiger partial charge in [0.15, 0.2) is 11.5 Å². The molecule has 0 fully saturated rings. The summed E-state index contributed by atoms with van der Waals surface area (Å²) >= 11 is 1.58. The van der Waals surface area contributed by atoms with Crippen LogP contribution in [0.4, 0.5) is 5.82 Å². The number of nitrogens with two attached hydrogens (primary N) is 1. The average molecular weight is 299 g/mol. The maximum atomic E-state index is 5.47. The molecule has 0 aliphatic heterocycles. The first-order valence-electron chi connectivity index (χ1n) is 6.75. The molecule has 3 rings (SSSR count). The van der Waals surface area contributed by atoms with Gasteiger partial charge in [0.1, 0.15) is 5.03 Å². The largest absolute Gasteiger partial charge is 0.307 e. The minimum atomic E-state index is 0.533. The minimum Gasteiger partial charge on any atom is -0.307 e. The van der Waals surface area contributed by atoms with Crippen molar-refractivity contribution < 1.29 is 0 Å². The lowest BCUT2D eigenvalue weighted by Crippen LogP contribution is -2.10. The number of hydrogen-bond acceptors (Lipinski definition) is 5. The van der Waals surface area contributed by atoms with Gasteiger partial charge in [-0.2, -0.15) is 0 Å². The van der Waals surface area contributed by atoms with Crippen molar-refractivity contribution in [3.05, 3.63) is 48.4 Å². The second kappa shape index (κ2) is 5.75. The molecule has 0 saturated heterocycles. The van der Waals surface area contributed by atoms with E-state index in [2.05, 4.69) is 53.5 Å². The second-order valence-electron chi connectivity index (χ2n) is 5.06. The van der Waals surface area contributed by atoms with E-state index in [1.165, 1.54) is 5.56 Å². The van der Waals surface area contributed by atoms with Crippen LogP contribution in [0.3, 0.4) is 0 Å². The highest BCUT2D eigenvalue weighted by atomic mass is 32.2. The maximum Gasteiger partial charge on any atom is 0.170 e. The number of benzene rings is 1. The molecule has 1 aromatic carbocycles. The van der Waals surface area contributed by atoms with E-state index in [0.717, 1.165) is 15.6 Å². The van der Waals surface area contributed by atoms with Crippen LogP contribution in [0.15, 0.2) is 52.8 Å². The Bertz CT molecular complexity index is 748. The molecule has 0 spiro atoms. The second-order valence-corrected chi connectivity index (χ2v) is 6.12. The van der Waals surface area contributed by atoms with Gasteiger partial charge >= 0.3 is 0 Å². The molecule has 108 valence electrons. The SMILES string of the molecule is CC(C)c1ccc(Sc2nc(NN)cn3ccnc23)cc1. The molecule has 2 aromatic heterocycles. The molecule has 0 amide bonds. The van der Waals surface area contributed by atoms with E-state index in [9.17, 15) is 0 Å². The predicted octanol–water partition coefficient (Wildman–Crippen LogP) is 3.29. The Labute approximate surface area is 127 Å². The predicted molar refractivity (Wildman–Crippen MR) is 85.5 cm³/mol. The van der Waals surface area contributed by atoms with E-state index in [-0.39, 0.29) is 0 Å². The van der Waals surface area contributed by atoms with Crippen molar-refractivity contribution in [2.45, 2.75) is 29.7 Å². The summed E-state index contributed by atoms with van der Waals surface area (Å²) in [6.45, 7) is 4.38. The van der Waals surface area contributed by atoms with E-state index in [0.29, 0.717) is 11.7 Å². The third-order valence-corrected chi connectivity index (χ3v) is 4.23. The van der Waals surface area contributed by atoms with Crippen molar-refractivity contribution in [2.24, 2.45) is 5.84 Å². The van der Waals surface area contributed by atoms with Crippen molar-refractivity contribution in [3.8, 4) is 0 Å². The molecule has 3 aromatic rings. The molecular weight excluding hydrogens is 282 g/mol. The van der Waals surface area contributed by atoms with Crippen molar-refractivity contribution in [3.63, 3.8) is 0 Å². The molecule has 3 N–H and O–H groups in total. The molecule has 0 radical (unpaired) electrons. The zero-order valence-electron chi connectivity index (χ0n) is 11.9. The van der Waals surface area contributed by atoms with Gasteiger partial charge in [-0.05, 0) is 23.6 Å². The minimum absolute atomic E-state index is 0.533. The van der Waals surface area contributed by atoms with E-state index < -0.39 is 0 Å². The Morgan fingerprint density at radius 2 is 2.00 bits per heavy atom. The third kappa shape index (κ3) is 2.86. The van der Waals surface area contributed by atoms with Crippen LogP contribution in [0.1, 0.15) is 25.3 Å². The molecule has 21 heavy (non-hydrogen) atoms. The Morgan fingerprint density at radius 1 is 1.24 bits per heavy atom. The maximum absolute atomic E-state index is 5.47. The molecule has 0 bridgehead atoms. The van der Waals surface area contributed by atoms with Gasteiger partial charge in [0, 0.05) is 17.3 Å². The first-order valence-corrected chi connectivity index (χ1v) is 7.57. The number of rotatable bonds is 4. The summed E-state index contributed by atoms with van der Waals surface area (Å²) in [7, 11) is 0. The van der Waals surface area contributed by atoms with Crippen LogP contribution in [-0.2, 0) is 0 Å². The van der Waals surface area contributed by atoms with Gasteiger partial charge in [-0.3, -0.25) is 0 Å². The molecular formula is C15H17N5S. The van der Waals surface area contributed by atoms with Gasteiger partial charge in [0.2, 0.25) is 0 Å². The fraction of sp³-hybridized carbons (Fsp3) is 0.200. The molecule has 0 saturated carbocycles. The first kappa shape index (κ1) is 13.9. The van der Waals surface area contributed by atoms with Crippen molar-refractivity contribution >= 4 is 23.2 Å². The number of fused-ring (bicyclic) bond motifs is 1. The number of imidazole rings is 1. The van der Waals surface area contributed by atoms with Gasteiger partial charge < -0.3 is 9.83 Å². The highest BCUT2D eigenvalue weighted by molar-refractivity contribution is 7.99. The van der Waals surface area contributed by atoms with E-state index >= 15 is 0 Å². The van der Waals surface area contributed by atoms with E-state index in [1.54, 1.807) is 18.0 Å². The Morgan fingerprint density at radius 3 is 2.67 bits per heavy atom. The van der Waals surface area contributed by atoms with Gasteiger partial charge in [0.25, 0.3) is 0 Å². The molecule has 0 aliphatic rings. The van der Waals surface area contributed by atoms with Crippen molar-refractivity contribution in [2.75, 3.05) is 5.43 Å². The smallest absolute Gasteiger partial charge is 0.170 e. The van der Waals surface area contributed by atoms with Gasteiger partial charge in [-0.1, -0.05) is 37.7 Å². The van der Waals surface area contributed by atoms with Gasteiger partial charge in [0.05, 0.1) is 6.20 Å². The van der Waals surface area contributed by atoms with E-state index in [4.69, 9.17) is 5.84 Å². The topological polar surface area (TPSA) is 68.2 Å². The molecule has 5 nitrogen and oxygen atoms in total. The van der Waals surface area contributed by atoms with Crippen LogP contribution in [0.5, 0.6) is 0 Å². The lowest BCUT2D eigenvalue weighted by molar-refractivity contribution is 0.865. The summed E-state index contributed by atoms with van der Waals surface area (Å²) < 4.78 is 1.91. The van der Waals surface area contributed by atoms with Gasteiger partial charge in [-0.15, -0.1) is 0 Å². The van der Waals surface area contributed by atoms with Crippen LogP contribution in [0.25, 0.3) is 5.65 Å². The Hall–Kier alpha value is -2.05. The number of nitrogens with one attached hydrogen (secondary N) is 1. The van der Waals surface area contributed by atoms with Gasteiger partial charge in [-0.25, -0.2) is 15.8 Å². The summed E-state index contributed by atoms with van der Waals surface area (Å²) in [6, 6.07) is 8.54. The lowest BCUT2D eigenvalue weighted by atomic mass is 10.0. The zero-order valence-corrected chi connectivity index (χ0v) is 12.8. The third-order valence-electron chi connectivity index (χ3n) is 3.25.